The Hall–Kier alpha value is -1.18. The summed E-state index contributed by atoms with van der Waals surface area (Å²) < 4.78 is 0. The number of likely N-dealkylation sites (N-methyl/N-ethyl adjacent to an activating group) is 1. The molecule has 3 fully saturated rings. The van der Waals surface area contributed by atoms with E-state index < -0.39 is 0 Å². The van der Waals surface area contributed by atoms with E-state index in [0.717, 1.165) is 91.4 Å². The van der Waals surface area contributed by atoms with Gasteiger partial charge in [-0.3, -0.25) is 9.59 Å². The molecule has 0 saturated carbocycles. The van der Waals surface area contributed by atoms with Gasteiger partial charge in [-0.25, -0.2) is 0 Å². The van der Waals surface area contributed by atoms with Gasteiger partial charge in [0.25, 0.3) is 0 Å². The second kappa shape index (κ2) is 10.4. The Balaban J connectivity index is 1.30. The maximum atomic E-state index is 12.6. The lowest BCUT2D eigenvalue weighted by atomic mass is 9.92. The Morgan fingerprint density at radius 2 is 1.44 bits per heavy atom. The lowest BCUT2D eigenvalue weighted by Gasteiger charge is -2.36. The molecule has 0 bridgehead atoms. The minimum atomic E-state index is 0.292. The van der Waals surface area contributed by atoms with E-state index in [4.69, 9.17) is 0 Å². The summed E-state index contributed by atoms with van der Waals surface area (Å²) in [6.07, 6.45) is 3.51. The van der Waals surface area contributed by atoms with Crippen LogP contribution in [0.5, 0.6) is 0 Å². The number of hydrogen-bond acceptors (Lipinski definition) is 5. The Bertz CT molecular complexity index is 479. The van der Waals surface area contributed by atoms with Crippen molar-refractivity contribution in [3.05, 3.63) is 0 Å². The highest BCUT2D eigenvalue weighted by atomic mass is 16.2. The van der Waals surface area contributed by atoms with Gasteiger partial charge in [-0.15, -0.1) is 0 Å². The Labute approximate surface area is 164 Å². The van der Waals surface area contributed by atoms with Gasteiger partial charge in [0.15, 0.2) is 0 Å². The highest BCUT2D eigenvalue weighted by molar-refractivity contribution is 5.77. The van der Waals surface area contributed by atoms with Crippen molar-refractivity contribution in [3.63, 3.8) is 0 Å². The van der Waals surface area contributed by atoms with Crippen LogP contribution in [0.1, 0.15) is 32.6 Å². The van der Waals surface area contributed by atoms with Crippen LogP contribution in [0.25, 0.3) is 0 Å². The molecular formula is C20H37N5O2. The number of amides is 2. The van der Waals surface area contributed by atoms with Gasteiger partial charge in [0, 0.05) is 71.7 Å². The minimum Gasteiger partial charge on any atom is -0.340 e. The van der Waals surface area contributed by atoms with Gasteiger partial charge in [0.1, 0.15) is 0 Å². The van der Waals surface area contributed by atoms with Crippen molar-refractivity contribution in [2.45, 2.75) is 32.6 Å². The third-order valence-corrected chi connectivity index (χ3v) is 6.45. The van der Waals surface area contributed by atoms with Gasteiger partial charge in [0.2, 0.25) is 11.8 Å². The first kappa shape index (κ1) is 20.6. The quantitative estimate of drug-likeness (QED) is 0.708. The minimum absolute atomic E-state index is 0.292. The van der Waals surface area contributed by atoms with Crippen molar-refractivity contribution < 1.29 is 9.59 Å². The van der Waals surface area contributed by atoms with Crippen molar-refractivity contribution in [1.29, 1.82) is 0 Å². The molecule has 3 saturated heterocycles. The van der Waals surface area contributed by atoms with Gasteiger partial charge < -0.3 is 24.9 Å². The maximum Gasteiger partial charge on any atom is 0.223 e. The average Bonchev–Trinajstić information content (AvgIpc) is 2.73. The standard InChI is InChI=1S/C20H37N5O2/c1-2-22-13-15-25(16-14-22)20(27)17-18-3-8-23(9-4-18)10-5-19(26)24-11-6-21-7-12-24/h18,21H,2-17H2,1H3. The number of hydrogen-bond donors (Lipinski definition) is 1. The summed E-state index contributed by atoms with van der Waals surface area (Å²) >= 11 is 0. The van der Waals surface area contributed by atoms with Crippen LogP contribution in [0.3, 0.4) is 0 Å². The summed E-state index contributed by atoms with van der Waals surface area (Å²) in [4.78, 5) is 33.7. The zero-order valence-electron chi connectivity index (χ0n) is 17.0. The Morgan fingerprint density at radius 3 is 2.07 bits per heavy atom. The Kier molecular flexibility index (Phi) is 7.91. The number of rotatable bonds is 6. The molecule has 3 rings (SSSR count). The first-order chi connectivity index (χ1) is 13.2. The lowest BCUT2D eigenvalue weighted by Crippen LogP contribution is -2.49. The number of nitrogens with zero attached hydrogens (tertiary/aromatic N) is 4. The predicted molar refractivity (Wildman–Crippen MR) is 107 cm³/mol. The van der Waals surface area contributed by atoms with E-state index in [-0.39, 0.29) is 0 Å². The zero-order valence-corrected chi connectivity index (χ0v) is 17.0. The van der Waals surface area contributed by atoms with E-state index in [9.17, 15) is 9.59 Å². The fourth-order valence-corrected chi connectivity index (χ4v) is 4.43. The molecule has 27 heavy (non-hydrogen) atoms. The molecule has 0 aromatic heterocycles. The van der Waals surface area contributed by atoms with Gasteiger partial charge in [-0.05, 0) is 38.4 Å². The number of nitrogens with one attached hydrogen (secondary N) is 1. The third kappa shape index (κ3) is 6.16. The summed E-state index contributed by atoms with van der Waals surface area (Å²) in [5.41, 5.74) is 0. The van der Waals surface area contributed by atoms with Crippen molar-refractivity contribution in [3.8, 4) is 0 Å². The number of piperidine rings is 1. The van der Waals surface area contributed by atoms with Crippen molar-refractivity contribution in [2.75, 3.05) is 78.5 Å². The van der Waals surface area contributed by atoms with Crippen LogP contribution >= 0.6 is 0 Å². The van der Waals surface area contributed by atoms with Crippen LogP contribution in [0, 0.1) is 5.92 Å². The van der Waals surface area contributed by atoms with Crippen LogP contribution < -0.4 is 5.32 Å². The first-order valence-corrected chi connectivity index (χ1v) is 10.9. The highest BCUT2D eigenvalue weighted by Crippen LogP contribution is 2.22. The molecule has 0 unspecified atom stereocenters. The molecule has 0 aromatic rings. The van der Waals surface area contributed by atoms with Gasteiger partial charge in [-0.2, -0.15) is 0 Å². The first-order valence-electron chi connectivity index (χ1n) is 10.9. The van der Waals surface area contributed by atoms with Gasteiger partial charge in [-0.1, -0.05) is 6.92 Å². The van der Waals surface area contributed by atoms with E-state index in [1.807, 2.05) is 4.90 Å². The summed E-state index contributed by atoms with van der Waals surface area (Å²) in [5, 5.41) is 3.29. The van der Waals surface area contributed by atoms with Crippen molar-refractivity contribution in [2.24, 2.45) is 5.92 Å². The van der Waals surface area contributed by atoms with Gasteiger partial charge in [0.05, 0.1) is 0 Å². The molecule has 7 heteroatoms. The maximum absolute atomic E-state index is 12.6. The second-order valence-corrected chi connectivity index (χ2v) is 8.18. The molecule has 2 amide bonds. The molecular weight excluding hydrogens is 342 g/mol. The molecule has 0 aromatic carbocycles. The topological polar surface area (TPSA) is 59.1 Å². The van der Waals surface area contributed by atoms with Crippen LogP contribution in [-0.2, 0) is 9.59 Å². The number of piperazine rings is 2. The molecule has 0 spiro atoms. The second-order valence-electron chi connectivity index (χ2n) is 8.18. The van der Waals surface area contributed by atoms with E-state index >= 15 is 0 Å². The Morgan fingerprint density at radius 1 is 0.815 bits per heavy atom. The van der Waals surface area contributed by atoms with Crippen LogP contribution in [0.2, 0.25) is 0 Å². The predicted octanol–water partition coefficient (Wildman–Crippen LogP) is 0.0745. The fraction of sp³-hybridized carbons (Fsp3) is 0.900. The number of likely N-dealkylation sites (tertiary alicyclic amines) is 1. The average molecular weight is 380 g/mol. The number of carbonyl (C=O) groups is 2. The largest absolute Gasteiger partial charge is 0.340 e. The van der Waals surface area contributed by atoms with Crippen LogP contribution in [-0.4, -0.2) is 110 Å². The lowest BCUT2D eigenvalue weighted by molar-refractivity contribution is -0.134. The van der Waals surface area contributed by atoms with Crippen molar-refractivity contribution in [1.82, 2.24) is 24.9 Å². The fourth-order valence-electron chi connectivity index (χ4n) is 4.43. The molecule has 3 heterocycles. The molecule has 0 aliphatic carbocycles. The smallest absolute Gasteiger partial charge is 0.223 e. The molecule has 0 atom stereocenters. The summed E-state index contributed by atoms with van der Waals surface area (Å²) in [6.45, 7) is 13.5. The van der Waals surface area contributed by atoms with E-state index in [1.165, 1.54) is 0 Å². The monoisotopic (exact) mass is 379 g/mol. The van der Waals surface area contributed by atoms with Crippen LogP contribution in [0.15, 0.2) is 0 Å². The normalized spacial score (nSPS) is 23.6. The molecule has 0 radical (unpaired) electrons. The van der Waals surface area contributed by atoms with Crippen LogP contribution in [0.4, 0.5) is 0 Å². The molecule has 154 valence electrons. The highest BCUT2D eigenvalue weighted by Gasteiger charge is 2.26. The molecule has 3 aliphatic heterocycles. The molecule has 7 nitrogen and oxygen atoms in total. The van der Waals surface area contributed by atoms with Crippen molar-refractivity contribution >= 4 is 11.8 Å². The van der Waals surface area contributed by atoms with E-state index in [2.05, 4.69) is 26.9 Å². The molecule has 1 N–H and O–H groups in total. The molecule has 3 aliphatic rings. The summed E-state index contributed by atoms with van der Waals surface area (Å²) in [5.74, 6) is 1.15. The summed E-state index contributed by atoms with van der Waals surface area (Å²) in [6, 6.07) is 0. The number of carbonyl (C=O) groups excluding carboxylic acids is 2. The third-order valence-electron chi connectivity index (χ3n) is 6.45. The van der Waals surface area contributed by atoms with Gasteiger partial charge >= 0.3 is 0 Å². The SMILES string of the molecule is CCN1CCN(C(=O)CC2CCN(CCC(=O)N3CCNCC3)CC2)CC1. The zero-order chi connectivity index (χ0) is 19.1. The summed E-state index contributed by atoms with van der Waals surface area (Å²) in [7, 11) is 0. The van der Waals surface area contributed by atoms with E-state index in [0.29, 0.717) is 30.6 Å². The van der Waals surface area contributed by atoms with E-state index in [1.54, 1.807) is 0 Å².